The fourth-order valence-electron chi connectivity index (χ4n) is 11.8. The van der Waals surface area contributed by atoms with Crippen LogP contribution in [0.25, 0.3) is 33.3 Å². The summed E-state index contributed by atoms with van der Waals surface area (Å²) >= 11 is 0. The molecule has 2 aromatic heterocycles. The Morgan fingerprint density at radius 1 is 0.710 bits per heavy atom. The van der Waals surface area contributed by atoms with Gasteiger partial charge in [0.1, 0.15) is 35.2 Å². The van der Waals surface area contributed by atoms with Crippen LogP contribution in [0.1, 0.15) is 113 Å². The third-order valence-corrected chi connectivity index (χ3v) is 15.6. The Morgan fingerprint density at radius 2 is 1.25 bits per heavy atom. The average molecular weight is 943 g/mol. The highest BCUT2D eigenvalue weighted by Crippen LogP contribution is 2.53. The number of nitrogens with zero attached hydrogens (tertiary/aromatic N) is 4. The van der Waals surface area contributed by atoms with Gasteiger partial charge >= 0.3 is 12.2 Å². The van der Waals surface area contributed by atoms with Gasteiger partial charge in [0, 0.05) is 67.2 Å². The summed E-state index contributed by atoms with van der Waals surface area (Å²) < 4.78 is 22.8. The number of hydrogen-bond donors (Lipinski definition) is 5. The summed E-state index contributed by atoms with van der Waals surface area (Å²) in [6.07, 6.45) is 9.26. The molecule has 364 valence electrons. The first-order valence-electron chi connectivity index (χ1n) is 24.7. The highest BCUT2D eigenvalue weighted by Gasteiger charge is 2.43. The molecule has 0 saturated carbocycles. The lowest BCUT2D eigenvalue weighted by Gasteiger charge is -2.39. The lowest BCUT2D eigenvalue weighted by atomic mass is 9.68. The molecule has 4 atom stereocenters. The molecule has 3 aromatic carbocycles. The number of likely N-dealkylation sites (tertiary alicyclic amines) is 2. The van der Waals surface area contributed by atoms with Crippen molar-refractivity contribution in [2.75, 3.05) is 46.6 Å². The Labute approximate surface area is 401 Å². The molecule has 4 saturated heterocycles. The predicted octanol–water partition coefficient (Wildman–Crippen LogP) is 8.37. The number of amides is 4. The summed E-state index contributed by atoms with van der Waals surface area (Å²) in [6.45, 7) is 7.68. The molecule has 0 radical (unpaired) electrons. The lowest BCUT2D eigenvalue weighted by Crippen LogP contribution is -2.53. The molecule has 2 unspecified atom stereocenters. The van der Waals surface area contributed by atoms with Crippen molar-refractivity contribution in [2.45, 2.75) is 108 Å². The van der Waals surface area contributed by atoms with Gasteiger partial charge in [-0.3, -0.25) is 9.59 Å². The summed E-state index contributed by atoms with van der Waals surface area (Å²) in [6, 6.07) is 15.0. The second-order valence-corrected chi connectivity index (χ2v) is 19.2. The Balaban J connectivity index is 0.883. The zero-order chi connectivity index (χ0) is 47.8. The van der Waals surface area contributed by atoms with Gasteiger partial charge in [0.25, 0.3) is 0 Å². The van der Waals surface area contributed by atoms with E-state index in [2.05, 4.69) is 83.0 Å². The fourth-order valence-corrected chi connectivity index (χ4v) is 11.8. The highest BCUT2D eigenvalue weighted by atomic mass is 16.5. The van der Waals surface area contributed by atoms with Crippen LogP contribution in [0.4, 0.5) is 9.59 Å². The monoisotopic (exact) mass is 942 g/mol. The van der Waals surface area contributed by atoms with Gasteiger partial charge in [-0.1, -0.05) is 38.1 Å². The van der Waals surface area contributed by atoms with Gasteiger partial charge in [-0.05, 0) is 111 Å². The topological polar surface area (TPSA) is 213 Å². The molecule has 0 bridgehead atoms. The number of ether oxygens (including phenoxy) is 4. The van der Waals surface area contributed by atoms with Gasteiger partial charge in [0.15, 0.2) is 0 Å². The number of H-pyrrole nitrogens is 2. The molecular formula is C52H62N8O9. The fraction of sp³-hybridized carbons (Fsp3) is 0.500. The first kappa shape index (κ1) is 46.3. The van der Waals surface area contributed by atoms with Crippen molar-refractivity contribution >= 4 is 34.8 Å². The molecule has 5 N–H and O–H groups in total. The zero-order valence-electron chi connectivity index (χ0n) is 39.6. The van der Waals surface area contributed by atoms with Gasteiger partial charge in [0.2, 0.25) is 11.8 Å². The molecule has 4 amide bonds. The first-order chi connectivity index (χ1) is 33.6. The van der Waals surface area contributed by atoms with Crippen molar-refractivity contribution < 1.29 is 43.2 Å². The molecule has 5 aliphatic heterocycles. The molecule has 69 heavy (non-hydrogen) atoms. The van der Waals surface area contributed by atoms with E-state index in [0.29, 0.717) is 71.0 Å². The van der Waals surface area contributed by atoms with Crippen LogP contribution in [0.5, 0.6) is 11.5 Å². The number of aromatic amines is 2. The standard InChI is InChI=1S/C52H62N8O9/c1-4-52(5-2)36-13-12-34(39-29-54-47(56-39)40-8-6-18-59(40)48(61)44(57-50(63)64)30-14-20-67-21-15-30)27-42(36)69-43-26-32-10-11-33(24-35(32)25-37(43)52)38-28-53-46(55-38)41-9-7-19-60(41)49(62)45(58-51(65)66-3)31-16-22-68-23-17-31/h10-13,24-31,40-41,44-45,57H,4-9,14-23H2,1-3H3,(H,53,55)(H,54,56)(H,58,65)(H,63,64)/t40-,41-,44?,45?/m0/s1. The van der Waals surface area contributed by atoms with E-state index in [9.17, 15) is 24.3 Å². The molecule has 4 fully saturated rings. The number of alkyl carbamates (subject to hydrolysis) is 1. The molecule has 17 heteroatoms. The number of carboxylic acid groups (broad SMARTS) is 1. The SMILES string of the molecule is CCC1(CC)c2ccc(-c3cnc([C@@H]4CCCN4C(=O)C(NC(=O)O)C4CCOCC4)[nH]3)cc2Oc2cc3ccc(-c4cnc([C@@H]5CCCN5C(=O)C(NC(=O)OC)C5CCOCC5)[nH]4)cc3cc21. The minimum absolute atomic E-state index is 0.0441. The van der Waals surface area contributed by atoms with Crippen LogP contribution in [0.3, 0.4) is 0 Å². The number of carbonyl (C=O) groups excluding carboxylic acids is 3. The number of hydrogen-bond acceptors (Lipinski definition) is 10. The summed E-state index contributed by atoms with van der Waals surface area (Å²) in [5.41, 5.74) is 5.48. The number of benzene rings is 3. The van der Waals surface area contributed by atoms with Crippen molar-refractivity contribution in [3.8, 4) is 34.0 Å². The third kappa shape index (κ3) is 8.79. The van der Waals surface area contributed by atoms with Crippen LogP contribution in [0.2, 0.25) is 0 Å². The van der Waals surface area contributed by atoms with E-state index >= 15 is 0 Å². The van der Waals surface area contributed by atoms with Gasteiger partial charge in [0.05, 0.1) is 43.0 Å². The number of nitrogens with one attached hydrogen (secondary N) is 4. The van der Waals surface area contributed by atoms with Crippen molar-refractivity contribution in [1.82, 2.24) is 40.4 Å². The molecular weight excluding hydrogens is 881 g/mol. The van der Waals surface area contributed by atoms with Crippen LogP contribution in [0.15, 0.2) is 60.9 Å². The molecule has 17 nitrogen and oxygen atoms in total. The normalized spacial score (nSPS) is 21.3. The minimum Gasteiger partial charge on any atom is -0.465 e. The number of methoxy groups -OCH3 is 1. The summed E-state index contributed by atoms with van der Waals surface area (Å²) in [5, 5.41) is 17.1. The largest absolute Gasteiger partial charge is 0.465 e. The summed E-state index contributed by atoms with van der Waals surface area (Å²) in [7, 11) is 1.31. The Hall–Kier alpha value is -6.46. The second-order valence-electron chi connectivity index (χ2n) is 19.2. The number of aromatic nitrogens is 4. The maximum absolute atomic E-state index is 14.2. The minimum atomic E-state index is -1.21. The van der Waals surface area contributed by atoms with Gasteiger partial charge in [-0.2, -0.15) is 0 Å². The maximum Gasteiger partial charge on any atom is 0.407 e. The maximum atomic E-state index is 14.2. The molecule has 0 spiro atoms. The molecule has 5 aromatic rings. The first-order valence-corrected chi connectivity index (χ1v) is 24.7. The Morgan fingerprint density at radius 3 is 1.80 bits per heavy atom. The van der Waals surface area contributed by atoms with Crippen LogP contribution < -0.4 is 15.4 Å². The zero-order valence-corrected chi connectivity index (χ0v) is 39.6. The Kier molecular flexibility index (Phi) is 13.1. The van der Waals surface area contributed by atoms with E-state index in [1.54, 1.807) is 11.1 Å². The van der Waals surface area contributed by atoms with Crippen LogP contribution in [-0.2, 0) is 29.2 Å². The van der Waals surface area contributed by atoms with Gasteiger partial charge < -0.3 is 54.5 Å². The summed E-state index contributed by atoms with van der Waals surface area (Å²) in [4.78, 5) is 72.7. The van der Waals surface area contributed by atoms with Gasteiger partial charge in [-0.25, -0.2) is 19.6 Å². The van der Waals surface area contributed by atoms with E-state index in [0.717, 1.165) is 100 Å². The molecule has 7 heterocycles. The van der Waals surface area contributed by atoms with Crippen molar-refractivity contribution in [3.05, 3.63) is 83.7 Å². The summed E-state index contributed by atoms with van der Waals surface area (Å²) in [5.74, 6) is 2.50. The van der Waals surface area contributed by atoms with Crippen LogP contribution in [0, 0.1) is 11.8 Å². The molecule has 5 aliphatic rings. The number of carbonyl (C=O) groups is 4. The van der Waals surface area contributed by atoms with E-state index in [1.807, 2.05) is 11.1 Å². The molecule has 10 rings (SSSR count). The van der Waals surface area contributed by atoms with E-state index < -0.39 is 24.3 Å². The van der Waals surface area contributed by atoms with Crippen molar-refractivity contribution in [2.24, 2.45) is 11.8 Å². The third-order valence-electron chi connectivity index (χ3n) is 15.6. The predicted molar refractivity (Wildman–Crippen MR) is 256 cm³/mol. The average Bonchev–Trinajstić information content (AvgIpc) is 4.24. The second kappa shape index (κ2) is 19.5. The van der Waals surface area contributed by atoms with Crippen molar-refractivity contribution in [1.29, 1.82) is 0 Å². The van der Waals surface area contributed by atoms with Crippen LogP contribution >= 0.6 is 0 Å². The van der Waals surface area contributed by atoms with Crippen LogP contribution in [-0.4, -0.2) is 118 Å². The molecule has 0 aliphatic carbocycles. The number of fused-ring (bicyclic) bond motifs is 3. The van der Waals surface area contributed by atoms with Gasteiger partial charge in [-0.15, -0.1) is 0 Å². The lowest BCUT2D eigenvalue weighted by molar-refractivity contribution is -0.137. The quantitative estimate of drug-likeness (QED) is 0.0801. The highest BCUT2D eigenvalue weighted by molar-refractivity contribution is 5.90. The Bertz CT molecular complexity index is 2720. The van der Waals surface area contributed by atoms with Crippen molar-refractivity contribution in [3.63, 3.8) is 0 Å². The van der Waals surface area contributed by atoms with E-state index in [4.69, 9.17) is 28.9 Å². The van der Waals surface area contributed by atoms with E-state index in [1.165, 1.54) is 7.11 Å². The number of rotatable bonds is 12. The number of imidazole rings is 2. The van der Waals surface area contributed by atoms with E-state index in [-0.39, 0.29) is 41.1 Å². The smallest absolute Gasteiger partial charge is 0.407 e.